The lowest BCUT2D eigenvalue weighted by atomic mass is 9.89. The van der Waals surface area contributed by atoms with E-state index in [-0.39, 0.29) is 0 Å². The Morgan fingerprint density at radius 3 is 3.00 bits per heavy atom. The molecule has 0 aliphatic heterocycles. The smallest absolute Gasteiger partial charge is 0.114 e. The summed E-state index contributed by atoms with van der Waals surface area (Å²) in [5.41, 5.74) is 1.79. The zero-order valence-electron chi connectivity index (χ0n) is 8.93. The molecule has 3 rings (SSSR count). The van der Waals surface area contributed by atoms with E-state index in [1.807, 2.05) is 22.9 Å². The molecule has 16 heavy (non-hydrogen) atoms. The molecule has 1 heterocycles. The maximum atomic E-state index is 6.17. The molecule has 2 aromatic rings. The van der Waals surface area contributed by atoms with Gasteiger partial charge in [-0.2, -0.15) is 0 Å². The quantitative estimate of drug-likeness (QED) is 0.806. The molecule has 1 saturated carbocycles. The Morgan fingerprint density at radius 2 is 2.25 bits per heavy atom. The predicted molar refractivity (Wildman–Crippen MR) is 61.6 cm³/mol. The van der Waals surface area contributed by atoms with Crippen LogP contribution in [0.4, 0.5) is 0 Å². The lowest BCUT2D eigenvalue weighted by molar-refractivity contribution is 0.00332. The van der Waals surface area contributed by atoms with Crippen molar-refractivity contribution < 1.29 is 4.74 Å². The van der Waals surface area contributed by atoms with Gasteiger partial charge in [-0.15, -0.1) is 5.10 Å². The summed E-state index contributed by atoms with van der Waals surface area (Å²) >= 11 is 6.17. The van der Waals surface area contributed by atoms with Crippen molar-refractivity contribution in [2.24, 2.45) is 0 Å². The minimum Gasteiger partial charge on any atom is -0.381 e. The number of benzene rings is 1. The second-order valence-electron chi connectivity index (χ2n) is 4.12. The number of ether oxygens (including phenoxy) is 1. The summed E-state index contributed by atoms with van der Waals surface area (Å²) in [7, 11) is 1.74. The number of para-hydroxylation sites is 1. The standard InChI is InChI=1S/C11H12ClN3O/c1-16-8-5-7(6-8)15-11-9(12)3-2-4-10(11)13-14-15/h2-4,7-8H,5-6H2,1H3. The fourth-order valence-corrected chi connectivity index (χ4v) is 2.39. The van der Waals surface area contributed by atoms with E-state index in [1.165, 1.54) is 0 Å². The first-order valence-electron chi connectivity index (χ1n) is 5.32. The minimum atomic E-state index is 0.353. The Labute approximate surface area is 98.1 Å². The molecule has 0 N–H and O–H groups in total. The summed E-state index contributed by atoms with van der Waals surface area (Å²) in [5, 5.41) is 9.01. The van der Waals surface area contributed by atoms with E-state index in [1.54, 1.807) is 7.11 Å². The Balaban J connectivity index is 1.99. The molecule has 1 aromatic carbocycles. The van der Waals surface area contributed by atoms with Crippen LogP contribution in [0.25, 0.3) is 11.0 Å². The highest BCUT2D eigenvalue weighted by atomic mass is 35.5. The van der Waals surface area contributed by atoms with E-state index in [0.717, 1.165) is 23.9 Å². The van der Waals surface area contributed by atoms with Crippen molar-refractivity contribution in [3.8, 4) is 0 Å². The largest absolute Gasteiger partial charge is 0.381 e. The Kier molecular flexibility index (Phi) is 2.33. The summed E-state index contributed by atoms with van der Waals surface area (Å²) in [6.07, 6.45) is 2.33. The summed E-state index contributed by atoms with van der Waals surface area (Å²) < 4.78 is 7.19. The summed E-state index contributed by atoms with van der Waals surface area (Å²) in [6, 6.07) is 6.06. The van der Waals surface area contributed by atoms with Gasteiger partial charge in [0.05, 0.1) is 17.2 Å². The number of aromatic nitrogens is 3. The van der Waals surface area contributed by atoms with Gasteiger partial charge >= 0.3 is 0 Å². The van der Waals surface area contributed by atoms with E-state index in [0.29, 0.717) is 17.2 Å². The van der Waals surface area contributed by atoms with Crippen LogP contribution in [0, 0.1) is 0 Å². The molecule has 5 heteroatoms. The van der Waals surface area contributed by atoms with Crippen molar-refractivity contribution in [1.29, 1.82) is 0 Å². The normalized spacial score (nSPS) is 24.6. The molecule has 0 saturated heterocycles. The SMILES string of the molecule is COC1CC(n2nnc3cccc(Cl)c32)C1. The number of halogens is 1. The maximum absolute atomic E-state index is 6.17. The van der Waals surface area contributed by atoms with E-state index < -0.39 is 0 Å². The van der Waals surface area contributed by atoms with Crippen molar-refractivity contribution in [1.82, 2.24) is 15.0 Å². The maximum Gasteiger partial charge on any atom is 0.114 e. The fourth-order valence-electron chi connectivity index (χ4n) is 2.14. The highest BCUT2D eigenvalue weighted by molar-refractivity contribution is 6.34. The molecule has 84 valence electrons. The Morgan fingerprint density at radius 1 is 1.44 bits per heavy atom. The highest BCUT2D eigenvalue weighted by Gasteiger charge is 2.32. The van der Waals surface area contributed by atoms with Crippen LogP contribution in [0.5, 0.6) is 0 Å². The summed E-state index contributed by atoms with van der Waals surface area (Å²) in [6.45, 7) is 0. The van der Waals surface area contributed by atoms with E-state index in [9.17, 15) is 0 Å². The second kappa shape index (κ2) is 3.71. The van der Waals surface area contributed by atoms with Gasteiger partial charge in [0.1, 0.15) is 11.0 Å². The van der Waals surface area contributed by atoms with Crippen LogP contribution in [-0.4, -0.2) is 28.2 Å². The van der Waals surface area contributed by atoms with Crippen molar-refractivity contribution in [2.75, 3.05) is 7.11 Å². The molecule has 4 nitrogen and oxygen atoms in total. The van der Waals surface area contributed by atoms with Crippen LogP contribution >= 0.6 is 11.6 Å². The van der Waals surface area contributed by atoms with Crippen molar-refractivity contribution in [3.63, 3.8) is 0 Å². The Hall–Kier alpha value is -1.13. The summed E-state index contributed by atoms with van der Waals surface area (Å²) in [4.78, 5) is 0. The topological polar surface area (TPSA) is 39.9 Å². The molecule has 1 aliphatic rings. The van der Waals surface area contributed by atoms with Gasteiger partial charge < -0.3 is 4.74 Å². The number of hydrogen-bond donors (Lipinski definition) is 0. The van der Waals surface area contributed by atoms with E-state index >= 15 is 0 Å². The molecule has 0 unspecified atom stereocenters. The van der Waals surface area contributed by atoms with Crippen molar-refractivity contribution >= 4 is 22.6 Å². The molecule has 1 fully saturated rings. The molecule has 0 radical (unpaired) electrons. The third kappa shape index (κ3) is 1.41. The van der Waals surface area contributed by atoms with Gasteiger partial charge in [0.25, 0.3) is 0 Å². The molecule has 0 amide bonds. The number of methoxy groups -OCH3 is 1. The van der Waals surface area contributed by atoms with Gasteiger partial charge in [0.2, 0.25) is 0 Å². The lowest BCUT2D eigenvalue weighted by Crippen LogP contribution is -2.33. The summed E-state index contributed by atoms with van der Waals surface area (Å²) in [5.74, 6) is 0. The molecule has 1 aromatic heterocycles. The van der Waals surface area contributed by atoms with Crippen LogP contribution in [0.15, 0.2) is 18.2 Å². The van der Waals surface area contributed by atoms with Crippen molar-refractivity contribution in [3.05, 3.63) is 23.2 Å². The average molecular weight is 238 g/mol. The minimum absolute atomic E-state index is 0.353. The van der Waals surface area contributed by atoms with E-state index in [2.05, 4.69) is 10.3 Å². The number of fused-ring (bicyclic) bond motifs is 1. The third-order valence-electron chi connectivity index (χ3n) is 3.19. The molecule has 0 bridgehead atoms. The third-order valence-corrected chi connectivity index (χ3v) is 3.50. The number of rotatable bonds is 2. The monoisotopic (exact) mass is 237 g/mol. The molecule has 0 spiro atoms. The van der Waals surface area contributed by atoms with Gasteiger partial charge in [0, 0.05) is 7.11 Å². The van der Waals surface area contributed by atoms with Crippen LogP contribution in [-0.2, 0) is 4.74 Å². The Bertz CT molecular complexity index is 519. The van der Waals surface area contributed by atoms with E-state index in [4.69, 9.17) is 16.3 Å². The zero-order chi connectivity index (χ0) is 11.1. The average Bonchev–Trinajstić information content (AvgIpc) is 2.62. The van der Waals surface area contributed by atoms with Crippen LogP contribution in [0.3, 0.4) is 0 Å². The predicted octanol–water partition coefficient (Wildman–Crippen LogP) is 2.43. The highest BCUT2D eigenvalue weighted by Crippen LogP contribution is 2.36. The zero-order valence-corrected chi connectivity index (χ0v) is 9.68. The van der Waals surface area contributed by atoms with Gasteiger partial charge in [-0.1, -0.05) is 22.9 Å². The van der Waals surface area contributed by atoms with Crippen LogP contribution in [0.2, 0.25) is 5.02 Å². The van der Waals surface area contributed by atoms with Gasteiger partial charge in [-0.25, -0.2) is 4.68 Å². The first-order chi connectivity index (χ1) is 7.79. The van der Waals surface area contributed by atoms with Crippen molar-refractivity contribution in [2.45, 2.75) is 25.0 Å². The van der Waals surface area contributed by atoms with Crippen LogP contribution < -0.4 is 0 Å². The fraction of sp³-hybridized carbons (Fsp3) is 0.455. The first-order valence-corrected chi connectivity index (χ1v) is 5.69. The molecular formula is C11H12ClN3O. The van der Waals surface area contributed by atoms with Gasteiger partial charge in [-0.3, -0.25) is 0 Å². The number of nitrogens with zero attached hydrogens (tertiary/aromatic N) is 3. The number of hydrogen-bond acceptors (Lipinski definition) is 3. The second-order valence-corrected chi connectivity index (χ2v) is 4.53. The van der Waals surface area contributed by atoms with Crippen LogP contribution in [0.1, 0.15) is 18.9 Å². The van der Waals surface area contributed by atoms with Gasteiger partial charge in [0.15, 0.2) is 0 Å². The molecule has 0 atom stereocenters. The molecular weight excluding hydrogens is 226 g/mol. The van der Waals surface area contributed by atoms with Gasteiger partial charge in [-0.05, 0) is 25.0 Å². The molecule has 1 aliphatic carbocycles. The first kappa shape index (κ1) is 10.1. The lowest BCUT2D eigenvalue weighted by Gasteiger charge is -2.34.